The van der Waals surface area contributed by atoms with Crippen LogP contribution >= 0.6 is 39.5 Å². The van der Waals surface area contributed by atoms with E-state index in [1.165, 1.54) is 0 Å². The second-order valence-electron chi connectivity index (χ2n) is 6.48. The first kappa shape index (κ1) is 20.8. The minimum absolute atomic E-state index is 0.125. The fourth-order valence-electron chi connectivity index (χ4n) is 2.82. The molecule has 0 aliphatic carbocycles. The molecule has 4 aromatic rings. The van der Waals surface area contributed by atoms with Crippen molar-refractivity contribution in [2.45, 2.75) is 19.6 Å². The number of halogens is 1. The molecule has 0 aliphatic rings. The van der Waals surface area contributed by atoms with E-state index in [1.54, 1.807) is 23.5 Å². The van der Waals surface area contributed by atoms with E-state index in [0.717, 1.165) is 29.7 Å². The molecule has 1 amide bonds. The van der Waals surface area contributed by atoms with E-state index < -0.39 is 0 Å². The fourth-order valence-corrected chi connectivity index (χ4v) is 5.03. The smallest absolute Gasteiger partial charge is 0.255 e. The van der Waals surface area contributed by atoms with E-state index >= 15 is 0 Å². The van der Waals surface area contributed by atoms with E-state index in [9.17, 15) is 4.79 Å². The Morgan fingerprint density at radius 3 is 1.63 bits per heavy atom. The van der Waals surface area contributed by atoms with Gasteiger partial charge in [-0.3, -0.25) is 4.79 Å². The van der Waals surface area contributed by atoms with Gasteiger partial charge in [0.2, 0.25) is 0 Å². The second kappa shape index (κ2) is 10.0. The maximum absolute atomic E-state index is 12.7. The highest BCUT2D eigenvalue weighted by atomic mass is 79.9. The summed E-state index contributed by atoms with van der Waals surface area (Å²) in [4.78, 5) is 17.2. The Labute approximate surface area is 193 Å². The van der Waals surface area contributed by atoms with Crippen LogP contribution in [0.15, 0.2) is 127 Å². The van der Waals surface area contributed by atoms with Crippen molar-refractivity contribution in [1.82, 2.24) is 0 Å². The third kappa shape index (κ3) is 5.79. The molecule has 0 heterocycles. The van der Waals surface area contributed by atoms with E-state index in [4.69, 9.17) is 0 Å². The van der Waals surface area contributed by atoms with Crippen LogP contribution in [0.1, 0.15) is 10.4 Å². The van der Waals surface area contributed by atoms with Crippen LogP contribution in [0.25, 0.3) is 0 Å². The van der Waals surface area contributed by atoms with Crippen molar-refractivity contribution in [3.8, 4) is 0 Å². The van der Waals surface area contributed by atoms with Crippen molar-refractivity contribution in [2.24, 2.45) is 0 Å². The highest BCUT2D eigenvalue weighted by molar-refractivity contribution is 9.10. The maximum atomic E-state index is 12.7. The molecule has 0 saturated carbocycles. The first-order chi connectivity index (χ1) is 14.7. The van der Waals surface area contributed by atoms with Gasteiger partial charge in [-0.2, -0.15) is 0 Å². The molecule has 4 rings (SSSR count). The zero-order valence-electron chi connectivity index (χ0n) is 15.9. The third-order valence-corrected chi connectivity index (χ3v) is 6.69. The molecular weight excluding hydrogens is 474 g/mol. The zero-order chi connectivity index (χ0) is 20.8. The largest absolute Gasteiger partial charge is 0.322 e. The van der Waals surface area contributed by atoms with Gasteiger partial charge in [0.1, 0.15) is 0 Å². The van der Waals surface area contributed by atoms with Gasteiger partial charge in [0.05, 0.1) is 0 Å². The van der Waals surface area contributed by atoms with Gasteiger partial charge in [-0.1, -0.05) is 75.9 Å². The number of carbonyl (C=O) groups excluding carboxylic acids is 1. The number of carbonyl (C=O) groups is 1. The summed E-state index contributed by atoms with van der Waals surface area (Å²) in [7, 11) is 0. The number of amides is 1. The first-order valence-electron chi connectivity index (χ1n) is 9.33. The summed E-state index contributed by atoms with van der Waals surface area (Å²) in [5, 5.41) is 3.05. The highest BCUT2D eigenvalue weighted by Gasteiger charge is 2.10. The lowest BCUT2D eigenvalue weighted by atomic mass is 10.2. The topological polar surface area (TPSA) is 29.1 Å². The summed E-state index contributed by atoms with van der Waals surface area (Å²) < 4.78 is 0.946. The Balaban J connectivity index is 1.62. The van der Waals surface area contributed by atoms with Gasteiger partial charge in [0.15, 0.2) is 0 Å². The van der Waals surface area contributed by atoms with Gasteiger partial charge in [-0.05, 0) is 66.7 Å². The minimum atomic E-state index is -0.125. The van der Waals surface area contributed by atoms with E-state index in [-0.39, 0.29) is 5.91 Å². The molecule has 1 N–H and O–H groups in total. The van der Waals surface area contributed by atoms with Gasteiger partial charge in [0, 0.05) is 35.3 Å². The van der Waals surface area contributed by atoms with Crippen molar-refractivity contribution in [1.29, 1.82) is 0 Å². The SMILES string of the molecule is O=C(Nc1cc(Sc2ccccc2)cc(Sc2ccccc2)c1)c1ccc(Br)cc1. The van der Waals surface area contributed by atoms with E-state index in [1.807, 2.05) is 72.8 Å². The Kier molecular flexibility index (Phi) is 6.95. The van der Waals surface area contributed by atoms with E-state index in [2.05, 4.69) is 51.6 Å². The predicted molar refractivity (Wildman–Crippen MR) is 130 cm³/mol. The number of benzene rings is 4. The normalized spacial score (nSPS) is 10.6. The van der Waals surface area contributed by atoms with Gasteiger partial charge in [-0.25, -0.2) is 0 Å². The Morgan fingerprint density at radius 1 is 0.633 bits per heavy atom. The monoisotopic (exact) mass is 491 g/mol. The molecule has 4 aromatic carbocycles. The highest BCUT2D eigenvalue weighted by Crippen LogP contribution is 2.36. The first-order valence-corrected chi connectivity index (χ1v) is 11.8. The van der Waals surface area contributed by atoms with Crippen LogP contribution in [0.2, 0.25) is 0 Å². The van der Waals surface area contributed by atoms with Crippen LogP contribution in [0.4, 0.5) is 5.69 Å². The molecule has 0 fully saturated rings. The van der Waals surface area contributed by atoms with Crippen molar-refractivity contribution >= 4 is 51.0 Å². The predicted octanol–water partition coefficient (Wildman–Crippen LogP) is 8.00. The average Bonchev–Trinajstić information content (AvgIpc) is 2.75. The molecule has 0 saturated heterocycles. The molecule has 0 bridgehead atoms. The van der Waals surface area contributed by atoms with Crippen molar-refractivity contribution in [3.63, 3.8) is 0 Å². The molecule has 0 radical (unpaired) electrons. The van der Waals surface area contributed by atoms with Crippen molar-refractivity contribution in [3.05, 3.63) is 113 Å². The van der Waals surface area contributed by atoms with Crippen LogP contribution < -0.4 is 5.32 Å². The lowest BCUT2D eigenvalue weighted by molar-refractivity contribution is 0.102. The minimum Gasteiger partial charge on any atom is -0.322 e. The summed E-state index contributed by atoms with van der Waals surface area (Å²) in [6.07, 6.45) is 0. The number of nitrogens with one attached hydrogen (secondary N) is 1. The lowest BCUT2D eigenvalue weighted by Crippen LogP contribution is -2.11. The molecule has 0 aromatic heterocycles. The molecule has 30 heavy (non-hydrogen) atoms. The van der Waals surface area contributed by atoms with Gasteiger partial charge < -0.3 is 5.32 Å². The molecule has 0 unspecified atom stereocenters. The molecule has 2 nitrogen and oxygen atoms in total. The molecule has 0 spiro atoms. The number of anilines is 1. The van der Waals surface area contributed by atoms with Crippen LogP contribution in [0.3, 0.4) is 0 Å². The molecule has 5 heteroatoms. The Bertz CT molecular complexity index is 1070. The molecular formula is C25H18BrNOS2. The number of rotatable bonds is 6. The molecule has 148 valence electrons. The summed E-state index contributed by atoms with van der Waals surface area (Å²) in [6, 6.07) is 34.0. The maximum Gasteiger partial charge on any atom is 0.255 e. The zero-order valence-corrected chi connectivity index (χ0v) is 19.1. The molecule has 0 atom stereocenters. The number of hydrogen-bond acceptors (Lipinski definition) is 3. The summed E-state index contributed by atoms with van der Waals surface area (Å²) in [6.45, 7) is 0. The second-order valence-corrected chi connectivity index (χ2v) is 9.69. The van der Waals surface area contributed by atoms with Gasteiger partial charge in [-0.15, -0.1) is 0 Å². The number of hydrogen-bond donors (Lipinski definition) is 1. The Morgan fingerprint density at radius 2 is 1.13 bits per heavy atom. The van der Waals surface area contributed by atoms with Crippen LogP contribution in [-0.2, 0) is 0 Å². The summed E-state index contributed by atoms with van der Waals surface area (Å²) in [5.74, 6) is -0.125. The average molecular weight is 492 g/mol. The Hall–Kier alpha value is -2.47. The van der Waals surface area contributed by atoms with Crippen LogP contribution in [0.5, 0.6) is 0 Å². The standard InChI is InChI=1S/C25H18BrNOS2/c26-19-13-11-18(12-14-19)25(28)27-20-15-23(29-21-7-3-1-4-8-21)17-24(16-20)30-22-9-5-2-6-10-22/h1-17H,(H,27,28). The fraction of sp³-hybridized carbons (Fsp3) is 0. The van der Waals surface area contributed by atoms with Crippen LogP contribution in [0, 0.1) is 0 Å². The lowest BCUT2D eigenvalue weighted by Gasteiger charge is -2.11. The van der Waals surface area contributed by atoms with Crippen molar-refractivity contribution < 1.29 is 4.79 Å². The van der Waals surface area contributed by atoms with Gasteiger partial charge in [0.25, 0.3) is 5.91 Å². The van der Waals surface area contributed by atoms with E-state index in [0.29, 0.717) is 5.56 Å². The summed E-state index contributed by atoms with van der Waals surface area (Å²) in [5.41, 5.74) is 1.40. The van der Waals surface area contributed by atoms with Crippen molar-refractivity contribution in [2.75, 3.05) is 5.32 Å². The van der Waals surface area contributed by atoms with Crippen LogP contribution in [-0.4, -0.2) is 5.91 Å². The van der Waals surface area contributed by atoms with Gasteiger partial charge >= 0.3 is 0 Å². The quantitative estimate of drug-likeness (QED) is 0.296. The summed E-state index contributed by atoms with van der Waals surface area (Å²) >= 11 is 6.77. The third-order valence-electron chi connectivity index (χ3n) is 4.20. The molecule has 0 aliphatic heterocycles.